The molecule has 154 valence electrons. The van der Waals surface area contributed by atoms with Crippen molar-refractivity contribution in [1.82, 2.24) is 15.5 Å². The van der Waals surface area contributed by atoms with Crippen LogP contribution in [0.25, 0.3) is 0 Å². The van der Waals surface area contributed by atoms with Crippen LogP contribution in [0.1, 0.15) is 43.8 Å². The Labute approximate surface area is 163 Å². The zero-order valence-corrected chi connectivity index (χ0v) is 17.7. The quantitative estimate of drug-likeness (QED) is 0.494. The molecular weight excluding hydrogens is 344 g/mol. The van der Waals surface area contributed by atoms with E-state index in [1.54, 1.807) is 6.92 Å². The van der Waals surface area contributed by atoms with Crippen LogP contribution in [0.3, 0.4) is 0 Å². The Morgan fingerprint density at radius 2 is 1.96 bits per heavy atom. The summed E-state index contributed by atoms with van der Waals surface area (Å²) >= 11 is 0. The number of ether oxygens (including phenoxy) is 1. The number of furan rings is 1. The third-order valence-electron chi connectivity index (χ3n) is 5.47. The fraction of sp³-hybridized carbons (Fsp3) is 0.750. The van der Waals surface area contributed by atoms with Gasteiger partial charge >= 0.3 is 0 Å². The van der Waals surface area contributed by atoms with Gasteiger partial charge in [0.05, 0.1) is 6.54 Å². The molecule has 0 saturated carbocycles. The molecule has 0 aliphatic carbocycles. The third kappa shape index (κ3) is 5.46. The number of hydrogen-bond acceptors (Lipinski definition) is 5. The number of aliphatic imine (C=N–C) groups is 1. The minimum absolute atomic E-state index is 0.0508. The number of aryl methyl sites for hydroxylation is 2. The molecule has 1 saturated heterocycles. The summed E-state index contributed by atoms with van der Waals surface area (Å²) < 4.78 is 11.1. The monoisotopic (exact) mass is 380 g/mol. The second-order valence-electron chi connectivity index (χ2n) is 7.88. The van der Waals surface area contributed by atoms with Gasteiger partial charge in [0.2, 0.25) is 0 Å². The van der Waals surface area contributed by atoms with Crippen molar-refractivity contribution in [2.75, 3.05) is 46.9 Å². The number of likely N-dealkylation sites (N-methyl/N-ethyl adjacent to an activating group) is 1. The van der Waals surface area contributed by atoms with Gasteiger partial charge in [-0.25, -0.2) is 4.99 Å². The molecule has 1 aromatic rings. The first kappa shape index (κ1) is 21.7. The van der Waals surface area contributed by atoms with Gasteiger partial charge in [-0.2, -0.15) is 0 Å². The molecule has 2 heterocycles. The largest absolute Gasteiger partial charge is 0.466 e. The summed E-state index contributed by atoms with van der Waals surface area (Å²) in [6.07, 6.45) is 1.97. The lowest BCUT2D eigenvalue weighted by molar-refractivity contribution is -0.00503. The van der Waals surface area contributed by atoms with Crippen LogP contribution in [0.15, 0.2) is 15.5 Å². The van der Waals surface area contributed by atoms with Crippen LogP contribution in [-0.2, 0) is 10.3 Å². The lowest BCUT2D eigenvalue weighted by Gasteiger charge is -2.43. The molecule has 0 spiro atoms. The first-order valence-corrected chi connectivity index (χ1v) is 9.77. The third-order valence-corrected chi connectivity index (χ3v) is 5.47. The van der Waals surface area contributed by atoms with Crippen molar-refractivity contribution in [2.45, 2.75) is 51.7 Å². The van der Waals surface area contributed by atoms with Crippen molar-refractivity contribution in [3.05, 3.63) is 23.2 Å². The topological polar surface area (TPSA) is 82.3 Å². The van der Waals surface area contributed by atoms with Crippen LogP contribution in [0.5, 0.6) is 0 Å². The Hall–Kier alpha value is -1.57. The standard InChI is InChI=1S/C20H36N4O3/c1-7-21-18(23-14-20(24(5)6)8-10-26-11-9-20)22-13-19(4,25)17-12-15(2)27-16(17)3/h12,25H,7-11,13-14H2,1-6H3,(H2,21,22,23). The van der Waals surface area contributed by atoms with Crippen LogP contribution in [0, 0.1) is 13.8 Å². The molecule has 0 amide bonds. The molecule has 1 aliphatic heterocycles. The van der Waals surface area contributed by atoms with Gasteiger partial charge in [0.1, 0.15) is 17.1 Å². The highest BCUT2D eigenvalue weighted by molar-refractivity contribution is 5.79. The van der Waals surface area contributed by atoms with E-state index in [2.05, 4.69) is 34.6 Å². The average molecular weight is 381 g/mol. The molecule has 27 heavy (non-hydrogen) atoms. The number of nitrogens with zero attached hydrogens (tertiary/aromatic N) is 2. The second kappa shape index (κ2) is 9.08. The van der Waals surface area contributed by atoms with Gasteiger partial charge in [0.25, 0.3) is 0 Å². The van der Waals surface area contributed by atoms with Crippen LogP contribution >= 0.6 is 0 Å². The zero-order valence-electron chi connectivity index (χ0n) is 17.7. The minimum Gasteiger partial charge on any atom is -0.466 e. The van der Waals surface area contributed by atoms with Crippen LogP contribution in [-0.4, -0.2) is 68.4 Å². The highest BCUT2D eigenvalue weighted by atomic mass is 16.5. The Bertz CT molecular complexity index is 631. The summed E-state index contributed by atoms with van der Waals surface area (Å²) in [4.78, 5) is 6.92. The van der Waals surface area contributed by atoms with Gasteiger partial charge in [-0.15, -0.1) is 0 Å². The van der Waals surface area contributed by atoms with Gasteiger partial charge in [0.15, 0.2) is 5.96 Å². The summed E-state index contributed by atoms with van der Waals surface area (Å²) in [7, 11) is 4.23. The average Bonchev–Trinajstić information content (AvgIpc) is 2.97. The lowest BCUT2D eigenvalue weighted by atomic mass is 9.88. The van der Waals surface area contributed by atoms with Gasteiger partial charge < -0.3 is 29.8 Å². The fourth-order valence-corrected chi connectivity index (χ4v) is 3.61. The van der Waals surface area contributed by atoms with Crippen LogP contribution < -0.4 is 10.6 Å². The second-order valence-corrected chi connectivity index (χ2v) is 7.88. The normalized spacial score (nSPS) is 19.8. The van der Waals surface area contributed by atoms with E-state index in [1.807, 2.05) is 26.8 Å². The van der Waals surface area contributed by atoms with Crippen molar-refractivity contribution in [3.8, 4) is 0 Å². The van der Waals surface area contributed by atoms with Crippen molar-refractivity contribution in [3.63, 3.8) is 0 Å². The van der Waals surface area contributed by atoms with Crippen molar-refractivity contribution in [1.29, 1.82) is 0 Å². The molecule has 1 fully saturated rings. The van der Waals surface area contributed by atoms with E-state index >= 15 is 0 Å². The van der Waals surface area contributed by atoms with E-state index in [-0.39, 0.29) is 12.1 Å². The summed E-state index contributed by atoms with van der Waals surface area (Å²) in [5, 5.41) is 17.6. The maximum Gasteiger partial charge on any atom is 0.191 e. The molecule has 7 heteroatoms. The molecule has 0 bridgehead atoms. The maximum atomic E-state index is 10.9. The fourth-order valence-electron chi connectivity index (χ4n) is 3.61. The molecule has 2 rings (SSSR count). The van der Waals surface area contributed by atoms with E-state index in [4.69, 9.17) is 9.15 Å². The Morgan fingerprint density at radius 3 is 2.48 bits per heavy atom. The predicted molar refractivity (Wildman–Crippen MR) is 108 cm³/mol. The predicted octanol–water partition coefficient (Wildman–Crippen LogP) is 1.77. The SMILES string of the molecule is CCNC(=NCC(C)(O)c1cc(C)oc1C)NCC1(N(C)C)CCOCC1. The van der Waals surface area contributed by atoms with E-state index in [1.165, 1.54) is 0 Å². The number of nitrogens with one attached hydrogen (secondary N) is 2. The molecule has 1 atom stereocenters. The number of rotatable bonds is 7. The van der Waals surface area contributed by atoms with Crippen LogP contribution in [0.2, 0.25) is 0 Å². The van der Waals surface area contributed by atoms with Gasteiger partial charge in [-0.1, -0.05) is 0 Å². The molecule has 0 radical (unpaired) electrons. The van der Waals surface area contributed by atoms with E-state index < -0.39 is 5.60 Å². The summed E-state index contributed by atoms with van der Waals surface area (Å²) in [5.41, 5.74) is -0.245. The molecule has 1 unspecified atom stereocenters. The Kier molecular flexibility index (Phi) is 7.31. The number of hydrogen-bond donors (Lipinski definition) is 3. The Morgan fingerprint density at radius 1 is 1.30 bits per heavy atom. The first-order valence-electron chi connectivity index (χ1n) is 9.77. The van der Waals surface area contributed by atoms with E-state index in [0.717, 1.165) is 56.2 Å². The van der Waals surface area contributed by atoms with E-state index in [0.29, 0.717) is 5.96 Å². The lowest BCUT2D eigenvalue weighted by Crippen LogP contribution is -2.57. The van der Waals surface area contributed by atoms with E-state index in [9.17, 15) is 5.11 Å². The molecule has 0 aromatic carbocycles. The summed E-state index contributed by atoms with van der Waals surface area (Å²) in [6.45, 7) is 10.9. The van der Waals surface area contributed by atoms with Crippen molar-refractivity contribution in [2.24, 2.45) is 4.99 Å². The van der Waals surface area contributed by atoms with Crippen molar-refractivity contribution < 1.29 is 14.3 Å². The van der Waals surface area contributed by atoms with Gasteiger partial charge in [-0.05, 0) is 60.7 Å². The highest BCUT2D eigenvalue weighted by Crippen LogP contribution is 2.27. The maximum absolute atomic E-state index is 10.9. The van der Waals surface area contributed by atoms with Crippen molar-refractivity contribution >= 4 is 5.96 Å². The van der Waals surface area contributed by atoms with Gasteiger partial charge in [0, 0.05) is 37.4 Å². The summed E-state index contributed by atoms with van der Waals surface area (Å²) in [5.74, 6) is 2.24. The molecule has 7 nitrogen and oxygen atoms in total. The Balaban J connectivity index is 2.08. The molecule has 1 aliphatic rings. The first-order chi connectivity index (χ1) is 12.7. The highest BCUT2D eigenvalue weighted by Gasteiger charge is 2.35. The smallest absolute Gasteiger partial charge is 0.191 e. The van der Waals surface area contributed by atoms with Crippen LogP contribution in [0.4, 0.5) is 0 Å². The molecule has 1 aromatic heterocycles. The molecular formula is C20H36N4O3. The number of aliphatic hydroxyl groups is 1. The molecule has 3 N–H and O–H groups in total. The summed E-state index contributed by atoms with van der Waals surface area (Å²) in [6, 6.07) is 1.88. The number of guanidine groups is 1. The minimum atomic E-state index is -1.08. The zero-order chi connectivity index (χ0) is 20.1. The van der Waals surface area contributed by atoms with Gasteiger partial charge in [-0.3, -0.25) is 0 Å².